The molecule has 0 aromatic heterocycles. The van der Waals surface area contributed by atoms with Gasteiger partial charge in [0.1, 0.15) is 11.9 Å². The number of sulfonamides is 1. The molecule has 12 heteroatoms. The Labute approximate surface area is 200 Å². The first kappa shape index (κ1) is 26.6. The Balaban J connectivity index is 1.65. The van der Waals surface area contributed by atoms with E-state index in [4.69, 9.17) is 0 Å². The van der Waals surface area contributed by atoms with Gasteiger partial charge in [-0.15, -0.1) is 0 Å². The number of hydrogen-bond donors (Lipinski definition) is 2. The summed E-state index contributed by atoms with van der Waals surface area (Å²) in [6.45, 7) is 1.09. The maximum Gasteiger partial charge on any atom is 0.417 e. The van der Waals surface area contributed by atoms with Gasteiger partial charge in [0, 0.05) is 32.5 Å². The van der Waals surface area contributed by atoms with Crippen molar-refractivity contribution in [2.45, 2.75) is 49.3 Å². The average molecular weight is 516 g/mol. The van der Waals surface area contributed by atoms with E-state index in [-0.39, 0.29) is 32.4 Å². The van der Waals surface area contributed by atoms with Crippen molar-refractivity contribution in [1.82, 2.24) is 14.9 Å². The van der Waals surface area contributed by atoms with Gasteiger partial charge in [0.05, 0.1) is 10.5 Å². The number of hydrogen-bond acceptors (Lipinski definition) is 4. The third-order valence-electron chi connectivity index (χ3n) is 5.66. The quantitative estimate of drug-likeness (QED) is 0.555. The van der Waals surface area contributed by atoms with E-state index in [1.54, 1.807) is 0 Å². The van der Waals surface area contributed by atoms with E-state index in [1.165, 1.54) is 37.3 Å². The number of alkyl halides is 3. The van der Waals surface area contributed by atoms with Gasteiger partial charge in [0.2, 0.25) is 21.8 Å². The van der Waals surface area contributed by atoms with Crippen LogP contribution in [0.2, 0.25) is 0 Å². The van der Waals surface area contributed by atoms with Crippen LogP contribution in [-0.4, -0.2) is 49.7 Å². The molecule has 2 amide bonds. The van der Waals surface area contributed by atoms with Crippen molar-refractivity contribution >= 4 is 21.8 Å². The summed E-state index contributed by atoms with van der Waals surface area (Å²) in [6, 6.07) is 8.13. The van der Waals surface area contributed by atoms with Crippen molar-refractivity contribution in [2.75, 3.05) is 13.1 Å². The Morgan fingerprint density at radius 2 is 1.66 bits per heavy atom. The van der Waals surface area contributed by atoms with Crippen molar-refractivity contribution in [1.29, 1.82) is 0 Å². The molecule has 0 spiro atoms. The number of nitrogens with zero attached hydrogens (tertiary/aromatic N) is 1. The molecule has 7 nitrogen and oxygen atoms in total. The molecule has 1 saturated heterocycles. The Hall–Kier alpha value is -2.99. The van der Waals surface area contributed by atoms with Crippen LogP contribution in [0, 0.1) is 5.82 Å². The molecule has 1 aliphatic rings. The predicted molar refractivity (Wildman–Crippen MR) is 119 cm³/mol. The minimum Gasteiger partial charge on any atom is -0.351 e. The van der Waals surface area contributed by atoms with E-state index < -0.39 is 56.4 Å². The zero-order valence-electron chi connectivity index (χ0n) is 18.8. The maximum absolute atomic E-state index is 13.3. The highest BCUT2D eigenvalue weighted by atomic mass is 32.2. The van der Waals surface area contributed by atoms with Crippen molar-refractivity contribution in [3.8, 4) is 0 Å². The lowest BCUT2D eigenvalue weighted by atomic mass is 10.0. The molecule has 0 bridgehead atoms. The number of carbonyl (C=O) groups is 2. The van der Waals surface area contributed by atoms with Crippen molar-refractivity contribution in [2.24, 2.45) is 0 Å². The van der Waals surface area contributed by atoms with Gasteiger partial charge in [-0.2, -0.15) is 17.5 Å². The number of carbonyl (C=O) groups excluding carboxylic acids is 2. The second kappa shape index (κ2) is 10.7. The molecule has 1 unspecified atom stereocenters. The normalized spacial score (nSPS) is 16.5. The summed E-state index contributed by atoms with van der Waals surface area (Å²) >= 11 is 0. The fourth-order valence-corrected chi connectivity index (χ4v) is 5.60. The molecule has 190 valence electrons. The lowest BCUT2D eigenvalue weighted by molar-refractivity contribution is -0.140. The van der Waals surface area contributed by atoms with E-state index >= 15 is 0 Å². The number of rotatable bonds is 7. The van der Waals surface area contributed by atoms with Crippen LogP contribution in [0.5, 0.6) is 0 Å². The number of amides is 2. The molecule has 2 aromatic rings. The van der Waals surface area contributed by atoms with E-state index in [9.17, 15) is 35.6 Å². The summed E-state index contributed by atoms with van der Waals surface area (Å²) in [4.78, 5) is 23.6. The van der Waals surface area contributed by atoms with Crippen molar-refractivity contribution in [3.63, 3.8) is 0 Å². The van der Waals surface area contributed by atoms with Gasteiger partial charge in [0.15, 0.2) is 0 Å². The summed E-state index contributed by atoms with van der Waals surface area (Å²) in [5.74, 6) is -1.36. The zero-order chi connectivity index (χ0) is 25.8. The molecule has 2 N–H and O–H groups in total. The van der Waals surface area contributed by atoms with Crippen LogP contribution in [-0.2, 0) is 32.2 Å². The SMILES string of the molecule is CC(=O)NC(Cc1ccc(F)cc1)C(=O)NC1CCN(S(=O)(=O)c2ccccc2C(F)(F)F)CC1. The molecule has 35 heavy (non-hydrogen) atoms. The van der Waals surface area contributed by atoms with E-state index in [1.807, 2.05) is 0 Å². The summed E-state index contributed by atoms with van der Waals surface area (Å²) in [5, 5.41) is 5.32. The molecule has 3 rings (SSSR count). The van der Waals surface area contributed by atoms with E-state index in [0.717, 1.165) is 22.5 Å². The molecule has 1 fully saturated rings. The topological polar surface area (TPSA) is 95.6 Å². The number of piperidine rings is 1. The molecule has 1 heterocycles. The maximum atomic E-state index is 13.3. The molecular formula is C23H25F4N3O4S. The van der Waals surface area contributed by atoms with E-state index in [2.05, 4.69) is 10.6 Å². The fourth-order valence-electron chi connectivity index (χ4n) is 3.92. The highest BCUT2D eigenvalue weighted by Crippen LogP contribution is 2.35. The van der Waals surface area contributed by atoms with E-state index in [0.29, 0.717) is 5.56 Å². The first-order chi connectivity index (χ1) is 16.4. The number of benzene rings is 2. The Morgan fingerprint density at radius 3 is 2.23 bits per heavy atom. The summed E-state index contributed by atoms with van der Waals surface area (Å²) in [7, 11) is -4.39. The highest BCUT2D eigenvalue weighted by molar-refractivity contribution is 7.89. The minimum atomic E-state index is -4.82. The molecule has 0 aliphatic carbocycles. The van der Waals surface area contributed by atoms with Crippen LogP contribution in [0.25, 0.3) is 0 Å². The molecule has 2 aromatic carbocycles. The smallest absolute Gasteiger partial charge is 0.351 e. The third-order valence-corrected chi connectivity index (χ3v) is 7.61. The lowest BCUT2D eigenvalue weighted by Crippen LogP contribution is -2.53. The first-order valence-electron chi connectivity index (χ1n) is 10.9. The van der Waals surface area contributed by atoms with Gasteiger partial charge >= 0.3 is 6.18 Å². The van der Waals surface area contributed by atoms with Gasteiger partial charge in [0.25, 0.3) is 0 Å². The molecule has 0 saturated carbocycles. The van der Waals surface area contributed by atoms with Crippen molar-refractivity contribution in [3.05, 3.63) is 65.5 Å². The second-order valence-electron chi connectivity index (χ2n) is 8.26. The first-order valence-corrected chi connectivity index (χ1v) is 12.3. The molecule has 1 atom stereocenters. The number of nitrogens with one attached hydrogen (secondary N) is 2. The fraction of sp³-hybridized carbons (Fsp3) is 0.391. The Kier molecular flexibility index (Phi) is 8.16. The van der Waals surface area contributed by atoms with Crippen LogP contribution in [0.3, 0.4) is 0 Å². The second-order valence-corrected chi connectivity index (χ2v) is 10.2. The molecule has 1 aliphatic heterocycles. The largest absolute Gasteiger partial charge is 0.417 e. The van der Waals surface area contributed by atoms with Gasteiger partial charge < -0.3 is 10.6 Å². The molecular weight excluding hydrogens is 490 g/mol. The Bertz CT molecular complexity index is 1160. The zero-order valence-corrected chi connectivity index (χ0v) is 19.6. The predicted octanol–water partition coefficient (Wildman–Crippen LogP) is 2.86. The van der Waals surface area contributed by atoms with Gasteiger partial charge in [-0.05, 0) is 42.7 Å². The van der Waals surface area contributed by atoms with Crippen LogP contribution >= 0.6 is 0 Å². The minimum absolute atomic E-state index is 0.0811. The van der Waals surface area contributed by atoms with Gasteiger partial charge in [-0.25, -0.2) is 12.8 Å². The number of halogens is 4. The summed E-state index contributed by atoms with van der Waals surface area (Å²) < 4.78 is 79.9. The Morgan fingerprint density at radius 1 is 1.06 bits per heavy atom. The van der Waals surface area contributed by atoms with Gasteiger partial charge in [-0.3, -0.25) is 9.59 Å². The van der Waals surface area contributed by atoms with Crippen LogP contribution in [0.15, 0.2) is 53.4 Å². The van der Waals surface area contributed by atoms with Crippen LogP contribution in [0.1, 0.15) is 30.9 Å². The van der Waals surface area contributed by atoms with Crippen LogP contribution in [0.4, 0.5) is 17.6 Å². The summed E-state index contributed by atoms with van der Waals surface area (Å²) in [5.41, 5.74) is -0.598. The highest BCUT2D eigenvalue weighted by Gasteiger charge is 2.39. The lowest BCUT2D eigenvalue weighted by Gasteiger charge is -2.33. The molecule has 0 radical (unpaired) electrons. The third kappa shape index (κ3) is 6.79. The van der Waals surface area contributed by atoms with Crippen molar-refractivity contribution < 1.29 is 35.6 Å². The summed E-state index contributed by atoms with van der Waals surface area (Å²) in [6.07, 6.45) is -4.34. The average Bonchev–Trinajstić information content (AvgIpc) is 2.79. The van der Waals surface area contributed by atoms with Gasteiger partial charge in [-0.1, -0.05) is 24.3 Å². The standard InChI is InChI=1S/C23H25F4N3O4S/c1-15(31)28-20(14-16-6-8-17(24)9-7-16)22(32)29-18-10-12-30(13-11-18)35(33,34)21-5-3-2-4-19(21)23(25,26)27/h2-9,18,20H,10-14H2,1H3,(H,28,31)(H,29,32). The monoisotopic (exact) mass is 515 g/mol. The van der Waals surface area contributed by atoms with Crippen LogP contribution < -0.4 is 10.6 Å².